The summed E-state index contributed by atoms with van der Waals surface area (Å²) in [6, 6.07) is 0. The van der Waals surface area contributed by atoms with E-state index in [9.17, 15) is 0 Å². The minimum absolute atomic E-state index is 0. The van der Waals surface area contributed by atoms with E-state index in [1.54, 1.807) is 0 Å². The molecule has 0 atom stereocenters. The van der Waals surface area contributed by atoms with Gasteiger partial charge in [-0.05, 0) is 0 Å². The third kappa shape index (κ3) is 1.85. The summed E-state index contributed by atoms with van der Waals surface area (Å²) in [6.45, 7) is 0. The Morgan fingerprint density at radius 1 is 1.67 bits per heavy atom. The minimum Gasteiger partial charge on any atom is -1.00 e. The van der Waals surface area contributed by atoms with Crippen LogP contribution in [0.4, 0.5) is 0 Å². The first-order valence-corrected chi connectivity index (χ1v) is 2.65. The van der Waals surface area contributed by atoms with Crippen LogP contribution in [-0.2, 0) is 0 Å². The van der Waals surface area contributed by atoms with Gasteiger partial charge in [-0.3, -0.25) is 0 Å². The third-order valence-corrected chi connectivity index (χ3v) is 1.24. The van der Waals surface area contributed by atoms with Crippen LogP contribution in [0.2, 0.25) is 0 Å². The first kappa shape index (κ1) is 6.53. The fourth-order valence-corrected chi connectivity index (χ4v) is 0.833. The smallest absolute Gasteiger partial charge is 0.131 e. The molecule has 0 aromatic heterocycles. The molecule has 3 heteroatoms. The highest BCUT2D eigenvalue weighted by Crippen LogP contribution is 1.96. The topological polar surface area (TPSA) is 16.6 Å². The van der Waals surface area contributed by atoms with Gasteiger partial charge in [-0.15, -0.1) is 0 Å². The highest BCUT2D eigenvalue weighted by molar-refractivity contribution is 8.02. The van der Waals surface area contributed by atoms with E-state index < -0.39 is 0 Å². The van der Waals surface area contributed by atoms with Crippen molar-refractivity contribution in [3.8, 4) is 0 Å². The Morgan fingerprint density at radius 3 is 2.67 bits per heavy atom. The predicted octanol–water partition coefficient (Wildman–Crippen LogP) is -3.27. The summed E-state index contributed by atoms with van der Waals surface area (Å²) in [5.41, 5.74) is 0. The van der Waals surface area contributed by atoms with Gasteiger partial charge in [0.05, 0.1) is 6.20 Å². The van der Waals surface area contributed by atoms with Crippen LogP contribution in [-0.4, -0.2) is 5.88 Å². The number of rotatable bonds is 0. The van der Waals surface area contributed by atoms with Gasteiger partial charge in [0, 0.05) is 5.41 Å². The van der Waals surface area contributed by atoms with Crippen LogP contribution in [0.15, 0.2) is 11.6 Å². The molecule has 0 radical (unpaired) electrons. The Kier molecular flexibility index (Phi) is 4.04. The van der Waals surface area contributed by atoms with E-state index in [1.165, 1.54) is 5.88 Å². The molecule has 6 heavy (non-hydrogen) atoms. The quantitative estimate of drug-likeness (QED) is 0.401. The lowest BCUT2D eigenvalue weighted by Gasteiger charge is -1.70. The van der Waals surface area contributed by atoms with E-state index >= 15 is 0 Å². The molecule has 0 fully saturated rings. The molecule has 0 amide bonds. The lowest BCUT2D eigenvalue weighted by Crippen LogP contribution is -3.00. The first-order chi connectivity index (χ1) is 2.50. The Balaban J connectivity index is 0.000000250. The fraction of sp³-hybridized carbons (Fsp3) is 0.333. The summed E-state index contributed by atoms with van der Waals surface area (Å²) in [7, 11) is 0. The molecule has 0 saturated carbocycles. The molecule has 2 N–H and O–H groups in total. The largest absolute Gasteiger partial charge is 1.00 e. The maximum Gasteiger partial charge on any atom is 0.131 e. The first-order valence-electron chi connectivity index (χ1n) is 1.60. The van der Waals surface area contributed by atoms with Crippen molar-refractivity contribution in [2.75, 3.05) is 5.88 Å². The van der Waals surface area contributed by atoms with Crippen molar-refractivity contribution >= 4 is 11.8 Å². The maximum atomic E-state index is 2.14. The molecule has 0 aromatic rings. The minimum atomic E-state index is 0. The van der Waals surface area contributed by atoms with Crippen LogP contribution in [0.1, 0.15) is 0 Å². The van der Waals surface area contributed by atoms with E-state index in [0.29, 0.717) is 0 Å². The molecule has 36 valence electrons. The van der Waals surface area contributed by atoms with Crippen molar-refractivity contribution in [2.45, 2.75) is 0 Å². The second kappa shape index (κ2) is 3.71. The second-order valence-corrected chi connectivity index (χ2v) is 1.84. The van der Waals surface area contributed by atoms with Gasteiger partial charge in [-0.1, -0.05) is 11.8 Å². The van der Waals surface area contributed by atoms with Crippen molar-refractivity contribution < 1.29 is 22.3 Å². The molecule has 0 saturated heterocycles. The molecule has 0 spiro atoms. The summed E-state index contributed by atoms with van der Waals surface area (Å²) >= 11 is 1.84. The SMILES string of the molecule is C1=CSC[NH2+]1.[Br-]. The van der Waals surface area contributed by atoms with Crippen molar-refractivity contribution in [1.29, 1.82) is 0 Å². The summed E-state index contributed by atoms with van der Waals surface area (Å²) in [5.74, 6) is 1.18. The number of quaternary nitrogens is 1. The lowest BCUT2D eigenvalue weighted by molar-refractivity contribution is -0.563. The molecule has 0 bridgehead atoms. The van der Waals surface area contributed by atoms with Gasteiger partial charge in [0.25, 0.3) is 0 Å². The number of halogens is 1. The Morgan fingerprint density at radius 2 is 2.50 bits per heavy atom. The maximum absolute atomic E-state index is 2.14. The van der Waals surface area contributed by atoms with Crippen molar-refractivity contribution in [2.24, 2.45) is 0 Å². The van der Waals surface area contributed by atoms with Crippen molar-refractivity contribution in [3.63, 3.8) is 0 Å². The highest BCUT2D eigenvalue weighted by Gasteiger charge is 1.88. The van der Waals surface area contributed by atoms with Gasteiger partial charge in [0.2, 0.25) is 0 Å². The van der Waals surface area contributed by atoms with E-state index in [2.05, 4.69) is 16.9 Å². The fourth-order valence-electron chi connectivity index (χ4n) is 0.278. The zero-order valence-electron chi connectivity index (χ0n) is 3.23. The molecule has 1 nitrogen and oxygen atoms in total. The summed E-state index contributed by atoms with van der Waals surface area (Å²) in [6.07, 6.45) is 2.07. The van der Waals surface area contributed by atoms with Crippen LogP contribution in [0, 0.1) is 0 Å². The predicted molar refractivity (Wildman–Crippen MR) is 23.5 cm³/mol. The van der Waals surface area contributed by atoms with Crippen molar-refractivity contribution in [3.05, 3.63) is 11.6 Å². The van der Waals surface area contributed by atoms with Crippen LogP contribution in [0.3, 0.4) is 0 Å². The van der Waals surface area contributed by atoms with Gasteiger partial charge >= 0.3 is 0 Å². The number of hydrogen-bond donors (Lipinski definition) is 1. The van der Waals surface area contributed by atoms with Gasteiger partial charge in [-0.25, -0.2) is 0 Å². The highest BCUT2D eigenvalue weighted by atomic mass is 79.9. The Hall–Kier alpha value is 0.530. The monoisotopic (exact) mass is 167 g/mol. The molecular formula is C3H6BrNS. The van der Waals surface area contributed by atoms with Gasteiger partial charge in [-0.2, -0.15) is 0 Å². The normalized spacial score (nSPS) is 17.3. The van der Waals surface area contributed by atoms with Crippen LogP contribution >= 0.6 is 11.8 Å². The van der Waals surface area contributed by atoms with Gasteiger partial charge in [0.15, 0.2) is 0 Å². The Bertz CT molecular complexity index is 48.8. The third-order valence-electron chi connectivity index (χ3n) is 0.503. The van der Waals surface area contributed by atoms with E-state index in [1.807, 2.05) is 11.8 Å². The van der Waals surface area contributed by atoms with E-state index in [4.69, 9.17) is 0 Å². The molecule has 1 aliphatic rings. The Labute approximate surface area is 52.0 Å². The lowest BCUT2D eigenvalue weighted by atomic mass is 11.0. The average Bonchev–Trinajstić information content (AvgIpc) is 1.76. The van der Waals surface area contributed by atoms with Gasteiger partial charge in [0.1, 0.15) is 5.88 Å². The molecule has 1 aliphatic heterocycles. The number of nitrogens with two attached hydrogens (primary N) is 1. The molecule has 0 aromatic carbocycles. The zero-order chi connectivity index (χ0) is 3.54. The summed E-state index contributed by atoms with van der Waals surface area (Å²) in [5, 5.41) is 4.24. The van der Waals surface area contributed by atoms with E-state index in [-0.39, 0.29) is 17.0 Å². The molecule has 0 aliphatic carbocycles. The molecule has 1 rings (SSSR count). The van der Waals surface area contributed by atoms with Crippen LogP contribution in [0.5, 0.6) is 0 Å². The standard InChI is InChI=1S/C3H5NS.BrH/c1-2-5-3-4-1;/h1-2,4H,3H2;1H. The molecule has 0 unspecified atom stereocenters. The molecular weight excluding hydrogens is 162 g/mol. The van der Waals surface area contributed by atoms with E-state index in [0.717, 1.165) is 0 Å². The average molecular weight is 168 g/mol. The molecule has 1 heterocycles. The summed E-state index contributed by atoms with van der Waals surface area (Å²) < 4.78 is 0. The van der Waals surface area contributed by atoms with Crippen molar-refractivity contribution in [1.82, 2.24) is 0 Å². The summed E-state index contributed by atoms with van der Waals surface area (Å²) in [4.78, 5) is 0. The second-order valence-electron chi connectivity index (χ2n) is 0.898. The number of hydrogen-bond acceptors (Lipinski definition) is 1. The van der Waals surface area contributed by atoms with Crippen LogP contribution < -0.4 is 22.3 Å². The van der Waals surface area contributed by atoms with Gasteiger partial charge < -0.3 is 22.3 Å². The number of thioether (sulfide) groups is 1. The van der Waals surface area contributed by atoms with Crippen LogP contribution in [0.25, 0.3) is 0 Å². The zero-order valence-corrected chi connectivity index (χ0v) is 5.63.